The van der Waals surface area contributed by atoms with Gasteiger partial charge in [0, 0.05) is 4.90 Å². The normalized spacial score (nSPS) is 11.3. The fraction of sp³-hybridized carbons (Fsp3) is 0.211. The summed E-state index contributed by atoms with van der Waals surface area (Å²) in [6.45, 7) is 1.76. The molecule has 0 radical (unpaired) electrons. The zero-order chi connectivity index (χ0) is 19.1. The summed E-state index contributed by atoms with van der Waals surface area (Å²) < 4.78 is 9.41. The highest BCUT2D eigenvalue weighted by Gasteiger charge is 2.20. The lowest BCUT2D eigenvalue weighted by molar-refractivity contribution is -0.115. The van der Waals surface area contributed by atoms with Crippen molar-refractivity contribution in [2.75, 3.05) is 19.5 Å². The first-order chi connectivity index (χ1) is 12.5. The second-order valence-corrected chi connectivity index (χ2v) is 6.72. The Morgan fingerprint density at radius 3 is 2.23 bits per heavy atom. The summed E-state index contributed by atoms with van der Waals surface area (Å²) in [7, 11) is 2.50. The fourth-order valence-electron chi connectivity index (χ4n) is 2.17. The summed E-state index contributed by atoms with van der Waals surface area (Å²) in [6, 6.07) is 13.8. The average molecular weight is 373 g/mol. The summed E-state index contributed by atoms with van der Waals surface area (Å²) in [5.74, 6) is -1.48. The zero-order valence-corrected chi connectivity index (χ0v) is 15.5. The molecule has 0 saturated heterocycles. The maximum Gasteiger partial charge on any atom is 0.339 e. The van der Waals surface area contributed by atoms with Gasteiger partial charge in [-0.05, 0) is 37.3 Å². The third-order valence-corrected chi connectivity index (χ3v) is 4.64. The standard InChI is InChI=1S/C19H19NO5S/c1-12(26-14-7-5-4-6-8-14)17(21)20-16-11-13(18(22)24-2)9-10-15(16)19(23)25-3/h4-12H,1-3H3,(H,20,21)/t12-/m0/s1. The first-order valence-electron chi connectivity index (χ1n) is 7.79. The van der Waals surface area contributed by atoms with Crippen LogP contribution >= 0.6 is 11.8 Å². The Balaban J connectivity index is 2.23. The first-order valence-corrected chi connectivity index (χ1v) is 8.67. The second-order valence-electron chi connectivity index (χ2n) is 5.31. The molecule has 26 heavy (non-hydrogen) atoms. The molecule has 2 rings (SSSR count). The molecule has 1 atom stereocenters. The highest BCUT2D eigenvalue weighted by Crippen LogP contribution is 2.25. The number of rotatable bonds is 6. The number of hydrogen-bond donors (Lipinski definition) is 1. The Morgan fingerprint density at radius 2 is 1.62 bits per heavy atom. The van der Waals surface area contributed by atoms with E-state index < -0.39 is 17.2 Å². The lowest BCUT2D eigenvalue weighted by atomic mass is 10.1. The first kappa shape index (κ1) is 19.5. The maximum atomic E-state index is 12.5. The van der Waals surface area contributed by atoms with Crippen molar-refractivity contribution in [1.29, 1.82) is 0 Å². The quantitative estimate of drug-likeness (QED) is 0.617. The highest BCUT2D eigenvalue weighted by molar-refractivity contribution is 8.00. The number of anilines is 1. The van der Waals surface area contributed by atoms with Gasteiger partial charge in [0.05, 0.1) is 36.3 Å². The number of hydrogen-bond acceptors (Lipinski definition) is 6. The fourth-order valence-corrected chi connectivity index (χ4v) is 3.06. The predicted molar refractivity (Wildman–Crippen MR) is 99.5 cm³/mol. The molecule has 0 aliphatic carbocycles. The minimum Gasteiger partial charge on any atom is -0.465 e. The molecule has 2 aromatic carbocycles. The van der Waals surface area contributed by atoms with Crippen LogP contribution in [0.1, 0.15) is 27.6 Å². The zero-order valence-electron chi connectivity index (χ0n) is 14.6. The number of thioether (sulfide) groups is 1. The number of benzene rings is 2. The van der Waals surface area contributed by atoms with Gasteiger partial charge in [-0.2, -0.15) is 0 Å². The van der Waals surface area contributed by atoms with Crippen molar-refractivity contribution >= 4 is 35.3 Å². The molecule has 1 amide bonds. The van der Waals surface area contributed by atoms with Crippen molar-refractivity contribution in [2.24, 2.45) is 0 Å². The summed E-state index contributed by atoms with van der Waals surface area (Å²) in [4.78, 5) is 37.1. The molecule has 6 nitrogen and oxygen atoms in total. The molecule has 2 aromatic rings. The molecular formula is C19H19NO5S. The van der Waals surface area contributed by atoms with Crippen molar-refractivity contribution in [3.05, 3.63) is 59.7 Å². The number of ether oxygens (including phenoxy) is 2. The van der Waals surface area contributed by atoms with Gasteiger partial charge in [0.2, 0.25) is 5.91 Å². The van der Waals surface area contributed by atoms with E-state index >= 15 is 0 Å². The molecule has 0 fully saturated rings. The van der Waals surface area contributed by atoms with E-state index in [1.807, 2.05) is 30.3 Å². The van der Waals surface area contributed by atoms with Crippen molar-refractivity contribution in [3.8, 4) is 0 Å². The molecule has 1 N–H and O–H groups in total. The third-order valence-electron chi connectivity index (χ3n) is 3.53. The van der Waals surface area contributed by atoms with Gasteiger partial charge in [0.15, 0.2) is 0 Å². The summed E-state index contributed by atoms with van der Waals surface area (Å²) in [5, 5.41) is 2.28. The topological polar surface area (TPSA) is 81.7 Å². The molecule has 0 aromatic heterocycles. The second kappa shape index (κ2) is 9.05. The molecule has 136 valence electrons. The summed E-state index contributed by atoms with van der Waals surface area (Å²) >= 11 is 1.39. The Labute approximate surface area is 155 Å². The van der Waals surface area contributed by atoms with Crippen molar-refractivity contribution in [1.82, 2.24) is 0 Å². The van der Waals surface area contributed by atoms with Crippen LogP contribution in [0.5, 0.6) is 0 Å². The number of esters is 2. The van der Waals surface area contributed by atoms with Crippen LogP contribution in [-0.4, -0.2) is 37.3 Å². The Kier molecular flexibility index (Phi) is 6.80. The Hall–Kier alpha value is -2.80. The van der Waals surface area contributed by atoms with Crippen LogP contribution in [0.2, 0.25) is 0 Å². The van der Waals surface area contributed by atoms with Crippen LogP contribution in [0, 0.1) is 0 Å². The van der Waals surface area contributed by atoms with Crippen molar-refractivity contribution < 1.29 is 23.9 Å². The number of carbonyl (C=O) groups is 3. The number of amides is 1. The van der Waals surface area contributed by atoms with Gasteiger partial charge < -0.3 is 14.8 Å². The van der Waals surface area contributed by atoms with E-state index in [2.05, 4.69) is 10.1 Å². The van der Waals surface area contributed by atoms with Gasteiger partial charge in [0.1, 0.15) is 0 Å². The Bertz CT molecular complexity index is 807. The minimum atomic E-state index is -0.611. The molecule has 0 heterocycles. The maximum absolute atomic E-state index is 12.5. The summed E-state index contributed by atoms with van der Waals surface area (Å²) in [5.41, 5.74) is 0.578. The average Bonchev–Trinajstić information content (AvgIpc) is 2.67. The van der Waals surface area contributed by atoms with Gasteiger partial charge in [-0.1, -0.05) is 18.2 Å². The number of methoxy groups -OCH3 is 2. The van der Waals surface area contributed by atoms with Crippen LogP contribution < -0.4 is 5.32 Å². The minimum absolute atomic E-state index is 0.158. The molecule has 0 bridgehead atoms. The van der Waals surface area contributed by atoms with E-state index in [1.165, 1.54) is 44.2 Å². The van der Waals surface area contributed by atoms with E-state index in [-0.39, 0.29) is 22.7 Å². The van der Waals surface area contributed by atoms with Gasteiger partial charge in [0.25, 0.3) is 0 Å². The number of carbonyl (C=O) groups excluding carboxylic acids is 3. The van der Waals surface area contributed by atoms with E-state index in [1.54, 1.807) is 6.92 Å². The van der Waals surface area contributed by atoms with Crippen LogP contribution in [-0.2, 0) is 14.3 Å². The van der Waals surface area contributed by atoms with Gasteiger partial charge >= 0.3 is 11.9 Å². The lowest BCUT2D eigenvalue weighted by Gasteiger charge is -2.15. The van der Waals surface area contributed by atoms with E-state index in [9.17, 15) is 14.4 Å². The molecule has 0 unspecified atom stereocenters. The van der Waals surface area contributed by atoms with Crippen LogP contribution in [0.4, 0.5) is 5.69 Å². The van der Waals surface area contributed by atoms with E-state index in [4.69, 9.17) is 4.74 Å². The van der Waals surface area contributed by atoms with Gasteiger partial charge in [-0.15, -0.1) is 11.8 Å². The molecule has 7 heteroatoms. The Morgan fingerprint density at radius 1 is 0.962 bits per heavy atom. The monoisotopic (exact) mass is 373 g/mol. The van der Waals surface area contributed by atoms with E-state index in [0.29, 0.717) is 0 Å². The van der Waals surface area contributed by atoms with Crippen LogP contribution in [0.25, 0.3) is 0 Å². The smallest absolute Gasteiger partial charge is 0.339 e. The molecule has 0 aliphatic heterocycles. The molecular weight excluding hydrogens is 354 g/mol. The molecule has 0 aliphatic rings. The molecule has 0 spiro atoms. The lowest BCUT2D eigenvalue weighted by Crippen LogP contribution is -2.24. The third kappa shape index (κ3) is 4.86. The SMILES string of the molecule is COC(=O)c1ccc(C(=O)OC)c(NC(=O)[C@H](C)Sc2ccccc2)c1. The van der Waals surface area contributed by atoms with Crippen LogP contribution in [0.3, 0.4) is 0 Å². The predicted octanol–water partition coefficient (Wildman–Crippen LogP) is 3.38. The van der Waals surface area contributed by atoms with Crippen LogP contribution in [0.15, 0.2) is 53.4 Å². The largest absolute Gasteiger partial charge is 0.465 e. The molecule has 0 saturated carbocycles. The summed E-state index contributed by atoms with van der Waals surface area (Å²) in [6.07, 6.45) is 0. The van der Waals surface area contributed by atoms with Crippen molar-refractivity contribution in [2.45, 2.75) is 17.1 Å². The van der Waals surface area contributed by atoms with E-state index in [0.717, 1.165) is 4.90 Å². The van der Waals surface area contributed by atoms with Crippen molar-refractivity contribution in [3.63, 3.8) is 0 Å². The number of nitrogens with one attached hydrogen (secondary N) is 1. The highest BCUT2D eigenvalue weighted by atomic mass is 32.2. The van der Waals surface area contributed by atoms with Gasteiger partial charge in [-0.3, -0.25) is 4.79 Å². The van der Waals surface area contributed by atoms with Gasteiger partial charge in [-0.25, -0.2) is 9.59 Å².